The molecule has 1 aromatic carbocycles. The molecule has 96 valence electrons. The van der Waals surface area contributed by atoms with Crippen LogP contribution < -0.4 is 10.1 Å². The van der Waals surface area contributed by atoms with Crippen LogP contribution in [0.3, 0.4) is 0 Å². The summed E-state index contributed by atoms with van der Waals surface area (Å²) in [7, 11) is 0. The van der Waals surface area contributed by atoms with Gasteiger partial charge in [-0.25, -0.2) is 0 Å². The summed E-state index contributed by atoms with van der Waals surface area (Å²) in [6.07, 6.45) is 1.33. The number of nitrogens with zero attached hydrogens (tertiary/aromatic N) is 2. The molecule has 1 atom stereocenters. The van der Waals surface area contributed by atoms with Crippen molar-refractivity contribution in [2.75, 3.05) is 6.61 Å². The van der Waals surface area contributed by atoms with Gasteiger partial charge in [0.1, 0.15) is 5.75 Å². The first-order valence-electron chi connectivity index (χ1n) is 6.01. The van der Waals surface area contributed by atoms with Crippen LogP contribution in [0.15, 0.2) is 35.2 Å². The Morgan fingerprint density at radius 2 is 2.22 bits per heavy atom. The molecule has 0 aliphatic heterocycles. The van der Waals surface area contributed by atoms with Crippen LogP contribution in [0.5, 0.6) is 5.75 Å². The highest BCUT2D eigenvalue weighted by Gasteiger charge is 2.11. The van der Waals surface area contributed by atoms with Crippen LogP contribution in [0.4, 0.5) is 0 Å². The summed E-state index contributed by atoms with van der Waals surface area (Å²) in [5.41, 5.74) is 1.13. The van der Waals surface area contributed by atoms with Crippen LogP contribution in [-0.4, -0.2) is 16.7 Å². The fourth-order valence-electron chi connectivity index (χ4n) is 1.75. The van der Waals surface area contributed by atoms with Gasteiger partial charge in [-0.15, -0.1) is 0 Å². The van der Waals surface area contributed by atoms with Gasteiger partial charge in [-0.3, -0.25) is 0 Å². The molecule has 2 aromatic rings. The maximum atomic E-state index is 5.61. The van der Waals surface area contributed by atoms with Gasteiger partial charge >= 0.3 is 0 Å². The molecule has 18 heavy (non-hydrogen) atoms. The molecule has 1 N–H and O–H groups in total. The maximum absolute atomic E-state index is 5.61. The standard InChI is InChI=1S/C13H17N3O2/c1-3-17-12-7-5-4-6-11(12)10(2)14-8-13-15-9-18-16-13/h4-7,9-10,14H,3,8H2,1-2H3. The summed E-state index contributed by atoms with van der Waals surface area (Å²) in [6, 6.07) is 8.17. The first-order chi connectivity index (χ1) is 8.81. The van der Waals surface area contributed by atoms with Gasteiger partial charge in [-0.05, 0) is 19.9 Å². The first kappa shape index (κ1) is 12.6. The number of benzene rings is 1. The van der Waals surface area contributed by atoms with E-state index in [1.807, 2.05) is 25.1 Å². The van der Waals surface area contributed by atoms with Gasteiger partial charge in [0.15, 0.2) is 5.82 Å². The smallest absolute Gasteiger partial charge is 0.213 e. The largest absolute Gasteiger partial charge is 0.494 e. The predicted molar refractivity (Wildman–Crippen MR) is 67.2 cm³/mol. The monoisotopic (exact) mass is 247 g/mol. The lowest BCUT2D eigenvalue weighted by molar-refractivity contribution is 0.332. The molecule has 1 unspecified atom stereocenters. The Morgan fingerprint density at radius 3 is 2.94 bits per heavy atom. The number of rotatable bonds is 6. The van der Waals surface area contributed by atoms with E-state index in [9.17, 15) is 0 Å². The molecule has 0 aliphatic carbocycles. The van der Waals surface area contributed by atoms with Crippen LogP contribution in [0.1, 0.15) is 31.3 Å². The minimum absolute atomic E-state index is 0.159. The summed E-state index contributed by atoms with van der Waals surface area (Å²) < 4.78 is 10.3. The number of aromatic nitrogens is 2. The quantitative estimate of drug-likeness (QED) is 0.848. The molecule has 0 radical (unpaired) electrons. The van der Waals surface area contributed by atoms with Gasteiger partial charge in [-0.2, -0.15) is 4.98 Å². The molecule has 0 saturated heterocycles. The fourth-order valence-corrected chi connectivity index (χ4v) is 1.75. The van der Waals surface area contributed by atoms with E-state index < -0.39 is 0 Å². The molecule has 5 nitrogen and oxygen atoms in total. The summed E-state index contributed by atoms with van der Waals surface area (Å²) in [4.78, 5) is 3.97. The zero-order chi connectivity index (χ0) is 12.8. The second-order valence-corrected chi connectivity index (χ2v) is 3.92. The lowest BCUT2D eigenvalue weighted by Gasteiger charge is -2.17. The second-order valence-electron chi connectivity index (χ2n) is 3.92. The number of hydrogen-bond donors (Lipinski definition) is 1. The summed E-state index contributed by atoms with van der Waals surface area (Å²) >= 11 is 0. The van der Waals surface area contributed by atoms with Crippen molar-refractivity contribution in [3.63, 3.8) is 0 Å². The lowest BCUT2D eigenvalue weighted by Crippen LogP contribution is -2.19. The third-order valence-electron chi connectivity index (χ3n) is 2.66. The Labute approximate surface area is 106 Å². The number of para-hydroxylation sites is 1. The number of hydrogen-bond acceptors (Lipinski definition) is 5. The SMILES string of the molecule is CCOc1ccccc1C(C)NCc1ncon1. The first-order valence-corrected chi connectivity index (χ1v) is 6.01. The van der Waals surface area contributed by atoms with E-state index in [2.05, 4.69) is 33.0 Å². The Hall–Kier alpha value is -1.88. The summed E-state index contributed by atoms with van der Waals surface area (Å²) in [5.74, 6) is 1.56. The molecule has 1 aromatic heterocycles. The molecule has 2 rings (SSSR count). The molecule has 0 fully saturated rings. The van der Waals surface area contributed by atoms with Crippen LogP contribution in [0.25, 0.3) is 0 Å². The van der Waals surface area contributed by atoms with Gasteiger partial charge in [0.2, 0.25) is 6.39 Å². The van der Waals surface area contributed by atoms with Crippen molar-refractivity contribution in [3.05, 3.63) is 42.0 Å². The average molecular weight is 247 g/mol. The third kappa shape index (κ3) is 3.07. The molecule has 0 amide bonds. The molecule has 0 saturated carbocycles. The van der Waals surface area contributed by atoms with Crippen LogP contribution in [-0.2, 0) is 6.54 Å². The summed E-state index contributed by atoms with van der Waals surface area (Å²) in [6.45, 7) is 5.29. The van der Waals surface area contributed by atoms with Crippen molar-refractivity contribution in [1.29, 1.82) is 0 Å². The summed E-state index contributed by atoms with van der Waals surface area (Å²) in [5, 5.41) is 7.10. The van der Waals surface area contributed by atoms with E-state index in [-0.39, 0.29) is 6.04 Å². The molecular formula is C13H17N3O2. The zero-order valence-corrected chi connectivity index (χ0v) is 10.6. The van der Waals surface area contributed by atoms with Gasteiger partial charge in [0.25, 0.3) is 0 Å². The van der Waals surface area contributed by atoms with E-state index in [4.69, 9.17) is 4.74 Å². The van der Waals surface area contributed by atoms with Crippen molar-refractivity contribution in [2.24, 2.45) is 0 Å². The third-order valence-corrected chi connectivity index (χ3v) is 2.66. The maximum Gasteiger partial charge on any atom is 0.213 e. The highest BCUT2D eigenvalue weighted by atomic mass is 16.5. The van der Waals surface area contributed by atoms with Crippen molar-refractivity contribution in [2.45, 2.75) is 26.4 Å². The zero-order valence-electron chi connectivity index (χ0n) is 10.6. The Balaban J connectivity index is 2.01. The minimum atomic E-state index is 0.159. The topological polar surface area (TPSA) is 60.2 Å². The van der Waals surface area contributed by atoms with Crippen molar-refractivity contribution in [3.8, 4) is 5.75 Å². The number of nitrogens with one attached hydrogen (secondary N) is 1. The molecule has 1 heterocycles. The van der Waals surface area contributed by atoms with Gasteiger partial charge in [-0.1, -0.05) is 23.4 Å². The Bertz CT molecular complexity index is 471. The Morgan fingerprint density at radius 1 is 1.39 bits per heavy atom. The molecule has 0 aliphatic rings. The van der Waals surface area contributed by atoms with Gasteiger partial charge < -0.3 is 14.6 Å². The lowest BCUT2D eigenvalue weighted by atomic mass is 10.1. The van der Waals surface area contributed by atoms with E-state index >= 15 is 0 Å². The molecule has 0 spiro atoms. The van der Waals surface area contributed by atoms with Crippen LogP contribution in [0.2, 0.25) is 0 Å². The van der Waals surface area contributed by atoms with Crippen molar-refractivity contribution in [1.82, 2.24) is 15.5 Å². The highest BCUT2D eigenvalue weighted by molar-refractivity contribution is 5.35. The van der Waals surface area contributed by atoms with E-state index in [0.29, 0.717) is 19.0 Å². The molecular weight excluding hydrogens is 230 g/mol. The molecule has 5 heteroatoms. The molecule has 0 bridgehead atoms. The highest BCUT2D eigenvalue weighted by Crippen LogP contribution is 2.24. The minimum Gasteiger partial charge on any atom is -0.494 e. The number of ether oxygens (including phenoxy) is 1. The second kappa shape index (κ2) is 6.16. The van der Waals surface area contributed by atoms with Crippen LogP contribution in [0, 0.1) is 0 Å². The van der Waals surface area contributed by atoms with E-state index in [1.165, 1.54) is 6.39 Å². The normalized spacial score (nSPS) is 12.3. The van der Waals surface area contributed by atoms with Gasteiger partial charge in [0, 0.05) is 11.6 Å². The van der Waals surface area contributed by atoms with Crippen LogP contribution >= 0.6 is 0 Å². The van der Waals surface area contributed by atoms with Crippen molar-refractivity contribution < 1.29 is 9.26 Å². The van der Waals surface area contributed by atoms with Gasteiger partial charge in [0.05, 0.1) is 13.2 Å². The predicted octanol–water partition coefficient (Wildman–Crippen LogP) is 2.32. The van der Waals surface area contributed by atoms with E-state index in [0.717, 1.165) is 11.3 Å². The average Bonchev–Trinajstić information content (AvgIpc) is 2.90. The Kier molecular flexibility index (Phi) is 4.30. The fraction of sp³-hybridized carbons (Fsp3) is 0.385. The van der Waals surface area contributed by atoms with E-state index in [1.54, 1.807) is 0 Å². The van der Waals surface area contributed by atoms with Crippen molar-refractivity contribution >= 4 is 0 Å².